The van der Waals surface area contributed by atoms with Crippen LogP contribution in [0.4, 0.5) is 0 Å². The first-order valence-electron chi connectivity index (χ1n) is 5.32. The van der Waals surface area contributed by atoms with Crippen molar-refractivity contribution in [3.05, 3.63) is 53.2 Å². The lowest BCUT2D eigenvalue weighted by atomic mass is 10.1. The van der Waals surface area contributed by atoms with Gasteiger partial charge in [-0.15, -0.1) is 11.6 Å². The molecule has 3 heteroatoms. The van der Waals surface area contributed by atoms with E-state index in [0.717, 1.165) is 27.2 Å². The van der Waals surface area contributed by atoms with Crippen LogP contribution in [-0.4, -0.2) is 4.98 Å². The minimum Gasteiger partial charge on any atom is -0.235 e. The molecule has 1 nitrogen and oxygen atoms in total. The zero-order valence-corrected chi connectivity index (χ0v) is 10.5. The summed E-state index contributed by atoms with van der Waals surface area (Å²) in [6.07, 6.45) is 0. The third-order valence-electron chi connectivity index (χ3n) is 2.87. The highest BCUT2D eigenvalue weighted by molar-refractivity contribution is 6.35. The van der Waals surface area contributed by atoms with Gasteiger partial charge in [0.1, 0.15) is 5.15 Å². The molecule has 3 aromatic rings. The van der Waals surface area contributed by atoms with Crippen LogP contribution >= 0.6 is 23.2 Å². The van der Waals surface area contributed by atoms with E-state index in [9.17, 15) is 0 Å². The van der Waals surface area contributed by atoms with E-state index in [4.69, 9.17) is 23.2 Å². The average molecular weight is 262 g/mol. The van der Waals surface area contributed by atoms with Gasteiger partial charge < -0.3 is 0 Å². The predicted octanol–water partition coefficient (Wildman–Crippen LogP) is 4.78. The summed E-state index contributed by atoms with van der Waals surface area (Å²) in [6, 6.07) is 14.1. The smallest absolute Gasteiger partial charge is 0.137 e. The highest BCUT2D eigenvalue weighted by atomic mass is 35.5. The molecule has 0 radical (unpaired) electrons. The van der Waals surface area contributed by atoms with Gasteiger partial charge in [-0.3, -0.25) is 0 Å². The maximum Gasteiger partial charge on any atom is 0.137 e. The lowest BCUT2D eigenvalue weighted by Gasteiger charge is -2.06. The van der Waals surface area contributed by atoms with E-state index >= 15 is 0 Å². The number of rotatable bonds is 1. The summed E-state index contributed by atoms with van der Waals surface area (Å²) in [5.74, 6) is 0.488. The number of hydrogen-bond acceptors (Lipinski definition) is 1. The molecule has 0 aliphatic carbocycles. The first-order chi connectivity index (χ1) is 8.29. The highest BCUT2D eigenvalue weighted by Crippen LogP contribution is 2.29. The standard InChI is InChI=1S/C14H9Cl2N/c15-8-9-5-6-11-10-3-1-2-4-12(10)14(16)17-13(11)7-9/h1-7H,8H2. The normalized spacial score (nSPS) is 11.2. The van der Waals surface area contributed by atoms with Crippen LogP contribution in [0, 0.1) is 0 Å². The third kappa shape index (κ3) is 1.76. The summed E-state index contributed by atoms with van der Waals surface area (Å²) in [6.45, 7) is 0. The van der Waals surface area contributed by atoms with Crippen molar-refractivity contribution in [1.82, 2.24) is 4.98 Å². The molecule has 1 aromatic heterocycles. The van der Waals surface area contributed by atoms with Crippen LogP contribution in [-0.2, 0) is 5.88 Å². The molecule has 0 saturated carbocycles. The van der Waals surface area contributed by atoms with E-state index in [2.05, 4.69) is 17.1 Å². The first kappa shape index (κ1) is 10.8. The Morgan fingerprint density at radius 1 is 0.941 bits per heavy atom. The molecule has 1 heterocycles. The van der Waals surface area contributed by atoms with E-state index in [1.807, 2.05) is 30.3 Å². The molecule has 0 spiro atoms. The summed E-state index contributed by atoms with van der Waals surface area (Å²) >= 11 is 12.0. The Labute approximate surface area is 109 Å². The fourth-order valence-corrected chi connectivity index (χ4v) is 2.47. The number of alkyl halides is 1. The van der Waals surface area contributed by atoms with Crippen LogP contribution in [0.2, 0.25) is 5.15 Å². The van der Waals surface area contributed by atoms with Crippen LogP contribution in [0.3, 0.4) is 0 Å². The van der Waals surface area contributed by atoms with Crippen molar-refractivity contribution in [3.8, 4) is 0 Å². The average Bonchev–Trinajstić information content (AvgIpc) is 2.38. The van der Waals surface area contributed by atoms with Gasteiger partial charge in [-0.05, 0) is 17.0 Å². The zero-order chi connectivity index (χ0) is 11.8. The topological polar surface area (TPSA) is 12.9 Å². The van der Waals surface area contributed by atoms with Gasteiger partial charge in [0.2, 0.25) is 0 Å². The van der Waals surface area contributed by atoms with E-state index < -0.39 is 0 Å². The molecule has 0 atom stereocenters. The van der Waals surface area contributed by atoms with Gasteiger partial charge in [0, 0.05) is 16.7 Å². The minimum atomic E-state index is 0.488. The number of pyridine rings is 1. The van der Waals surface area contributed by atoms with Gasteiger partial charge in [-0.1, -0.05) is 48.0 Å². The number of aromatic nitrogens is 1. The maximum atomic E-state index is 6.19. The second-order valence-electron chi connectivity index (χ2n) is 3.93. The maximum absolute atomic E-state index is 6.19. The molecule has 0 bridgehead atoms. The van der Waals surface area contributed by atoms with Gasteiger partial charge in [-0.2, -0.15) is 0 Å². The van der Waals surface area contributed by atoms with Gasteiger partial charge in [-0.25, -0.2) is 4.98 Å². The van der Waals surface area contributed by atoms with Crippen molar-refractivity contribution >= 4 is 44.9 Å². The Morgan fingerprint density at radius 3 is 2.47 bits per heavy atom. The molecule has 0 fully saturated rings. The van der Waals surface area contributed by atoms with Crippen LogP contribution in [0.5, 0.6) is 0 Å². The lowest BCUT2D eigenvalue weighted by Crippen LogP contribution is -1.86. The van der Waals surface area contributed by atoms with Gasteiger partial charge >= 0.3 is 0 Å². The molecule has 0 aliphatic rings. The second-order valence-corrected chi connectivity index (χ2v) is 4.56. The number of nitrogens with zero attached hydrogens (tertiary/aromatic N) is 1. The monoisotopic (exact) mass is 261 g/mol. The second kappa shape index (κ2) is 4.17. The van der Waals surface area contributed by atoms with E-state index in [1.165, 1.54) is 0 Å². The fraction of sp³-hybridized carbons (Fsp3) is 0.0714. The SMILES string of the molecule is ClCc1ccc2c(c1)nc(Cl)c1ccccc12. The minimum absolute atomic E-state index is 0.488. The van der Waals surface area contributed by atoms with Crippen LogP contribution in [0.15, 0.2) is 42.5 Å². The third-order valence-corrected chi connectivity index (χ3v) is 3.47. The molecule has 0 aliphatic heterocycles. The number of benzene rings is 2. The molecule has 2 aromatic carbocycles. The van der Waals surface area contributed by atoms with Crippen molar-refractivity contribution in [2.75, 3.05) is 0 Å². The summed E-state index contributed by atoms with van der Waals surface area (Å²) in [5, 5.41) is 3.77. The molecule has 84 valence electrons. The Balaban J connectivity index is 2.48. The molecule has 0 N–H and O–H groups in total. The van der Waals surface area contributed by atoms with Gasteiger partial charge in [0.25, 0.3) is 0 Å². The quantitative estimate of drug-likeness (QED) is 0.349. The van der Waals surface area contributed by atoms with Crippen molar-refractivity contribution < 1.29 is 0 Å². The summed E-state index contributed by atoms with van der Waals surface area (Å²) in [4.78, 5) is 4.42. The molecule has 0 amide bonds. The Kier molecular flexibility index (Phi) is 2.65. The van der Waals surface area contributed by atoms with Crippen LogP contribution in [0.1, 0.15) is 5.56 Å². The van der Waals surface area contributed by atoms with Crippen molar-refractivity contribution in [2.45, 2.75) is 5.88 Å². The fourth-order valence-electron chi connectivity index (χ4n) is 2.04. The predicted molar refractivity (Wildman–Crippen MR) is 73.8 cm³/mol. The van der Waals surface area contributed by atoms with E-state index in [0.29, 0.717) is 11.0 Å². The highest BCUT2D eigenvalue weighted by Gasteiger charge is 2.06. The molecule has 0 unspecified atom stereocenters. The van der Waals surface area contributed by atoms with E-state index in [1.54, 1.807) is 0 Å². The number of fused-ring (bicyclic) bond motifs is 3. The van der Waals surface area contributed by atoms with Crippen molar-refractivity contribution in [3.63, 3.8) is 0 Å². The van der Waals surface area contributed by atoms with Crippen molar-refractivity contribution in [2.24, 2.45) is 0 Å². The van der Waals surface area contributed by atoms with E-state index in [-0.39, 0.29) is 0 Å². The summed E-state index contributed by atoms with van der Waals surface area (Å²) in [7, 11) is 0. The molecular formula is C14H9Cl2N. The van der Waals surface area contributed by atoms with Crippen LogP contribution in [0.25, 0.3) is 21.7 Å². The molecule has 3 rings (SSSR count). The van der Waals surface area contributed by atoms with Gasteiger partial charge in [0.05, 0.1) is 5.52 Å². The van der Waals surface area contributed by atoms with Crippen molar-refractivity contribution in [1.29, 1.82) is 0 Å². The molecule has 17 heavy (non-hydrogen) atoms. The first-order valence-corrected chi connectivity index (χ1v) is 6.23. The Bertz CT molecular complexity index is 707. The number of halogens is 2. The zero-order valence-electron chi connectivity index (χ0n) is 8.95. The summed E-state index contributed by atoms with van der Waals surface area (Å²) < 4.78 is 0. The van der Waals surface area contributed by atoms with Gasteiger partial charge in [0.15, 0.2) is 0 Å². The number of hydrogen-bond donors (Lipinski definition) is 0. The Hall–Kier alpha value is -1.31. The molecule has 0 saturated heterocycles. The lowest BCUT2D eigenvalue weighted by molar-refractivity contribution is 1.38. The largest absolute Gasteiger partial charge is 0.235 e. The van der Waals surface area contributed by atoms with Crippen LogP contribution < -0.4 is 0 Å². The Morgan fingerprint density at radius 2 is 1.71 bits per heavy atom. The molecular weight excluding hydrogens is 253 g/mol. The summed E-state index contributed by atoms with van der Waals surface area (Å²) in [5.41, 5.74) is 1.95.